The summed E-state index contributed by atoms with van der Waals surface area (Å²) in [4.78, 5) is 18.2. The molecule has 0 radical (unpaired) electrons. The summed E-state index contributed by atoms with van der Waals surface area (Å²) in [5.74, 6) is 1.36. The molecule has 8 nitrogen and oxygen atoms in total. The average Bonchev–Trinajstić information content (AvgIpc) is 3.44. The second-order valence-corrected chi connectivity index (χ2v) is 12.3. The maximum Gasteiger partial charge on any atom is 0.319 e. The van der Waals surface area contributed by atoms with Crippen LogP contribution < -0.4 is 14.4 Å². The van der Waals surface area contributed by atoms with Gasteiger partial charge < -0.3 is 19.5 Å². The summed E-state index contributed by atoms with van der Waals surface area (Å²) in [7, 11) is 0. The fraction of sp³-hybridized carbons (Fsp3) is 0.424. The van der Waals surface area contributed by atoms with Gasteiger partial charge in [0.25, 0.3) is 0 Å². The number of anilines is 1. The van der Waals surface area contributed by atoms with E-state index < -0.39 is 23.3 Å². The predicted octanol–water partition coefficient (Wildman–Crippen LogP) is 5.52. The normalized spacial score (nSPS) is 23.3. The average molecular weight is 602 g/mol. The van der Waals surface area contributed by atoms with Gasteiger partial charge in [0.15, 0.2) is 5.82 Å². The fourth-order valence-corrected chi connectivity index (χ4v) is 7.46. The van der Waals surface area contributed by atoms with Crippen LogP contribution >= 0.6 is 0 Å². The van der Waals surface area contributed by atoms with Crippen molar-refractivity contribution in [3.63, 3.8) is 0 Å². The number of phenolic OH excluding ortho intramolecular Hbond substituents is 1. The van der Waals surface area contributed by atoms with Crippen molar-refractivity contribution in [3.05, 3.63) is 41.5 Å². The summed E-state index contributed by atoms with van der Waals surface area (Å²) in [5, 5.41) is 11.5. The number of fused-ring (bicyclic) bond motifs is 2. The number of halogens is 3. The molecule has 8 rings (SSSR count). The largest absolute Gasteiger partial charge is 0.508 e. The molecule has 2 aromatic carbocycles. The van der Waals surface area contributed by atoms with Crippen LogP contribution in [0.1, 0.15) is 44.1 Å². The van der Waals surface area contributed by atoms with Crippen molar-refractivity contribution in [2.24, 2.45) is 0 Å². The van der Waals surface area contributed by atoms with Gasteiger partial charge in [0.2, 0.25) is 5.88 Å². The van der Waals surface area contributed by atoms with Crippen molar-refractivity contribution < 1.29 is 27.8 Å². The van der Waals surface area contributed by atoms with Crippen molar-refractivity contribution in [2.45, 2.75) is 56.3 Å². The number of aromatic hydroxyl groups is 1. The van der Waals surface area contributed by atoms with E-state index in [0.29, 0.717) is 36.1 Å². The smallest absolute Gasteiger partial charge is 0.319 e. The summed E-state index contributed by atoms with van der Waals surface area (Å²) in [6.45, 7) is 2.16. The quantitative estimate of drug-likeness (QED) is 0.300. The highest BCUT2D eigenvalue weighted by Gasteiger charge is 2.49. The Kier molecular flexibility index (Phi) is 6.27. The van der Waals surface area contributed by atoms with Gasteiger partial charge in [0.05, 0.1) is 17.6 Å². The molecule has 1 saturated carbocycles. The van der Waals surface area contributed by atoms with E-state index in [9.17, 15) is 13.9 Å². The van der Waals surface area contributed by atoms with Gasteiger partial charge in [-0.15, -0.1) is 6.42 Å². The Labute approximate surface area is 251 Å². The van der Waals surface area contributed by atoms with Gasteiger partial charge in [-0.3, -0.25) is 4.90 Å². The summed E-state index contributed by atoms with van der Waals surface area (Å²) in [6.07, 6.45) is 9.93. The predicted molar refractivity (Wildman–Crippen MR) is 159 cm³/mol. The standard InChI is InChI=1S/C33H30F3N5O3/c1-2-22-24(35)8-7-18-13-21(42)14-23(25(18)22)28-27(36)29-26-30(41(20-5-3-6-20)11-12-43-31(26)37-28)39-32(38-29)44-17-33-9-4-10-40(33)16-19(34)15-33/h1,7-8,13-14,19-20,42H,3-6,9-12,15-17H2/t19?,33-/m0/s1. The molecule has 5 heterocycles. The highest BCUT2D eigenvalue weighted by Crippen LogP contribution is 2.45. The Balaban J connectivity index is 1.33. The van der Waals surface area contributed by atoms with Gasteiger partial charge in [-0.1, -0.05) is 12.0 Å². The van der Waals surface area contributed by atoms with Crippen LogP contribution in [-0.2, 0) is 0 Å². The number of hydrogen-bond acceptors (Lipinski definition) is 8. The van der Waals surface area contributed by atoms with Crippen molar-refractivity contribution in [1.82, 2.24) is 19.9 Å². The van der Waals surface area contributed by atoms with Gasteiger partial charge >= 0.3 is 6.01 Å². The van der Waals surface area contributed by atoms with E-state index in [-0.39, 0.29) is 64.6 Å². The number of rotatable bonds is 5. The molecule has 1 aliphatic carbocycles. The maximum atomic E-state index is 16.8. The minimum absolute atomic E-state index is 0.0135. The Morgan fingerprint density at radius 1 is 1.11 bits per heavy atom. The Morgan fingerprint density at radius 3 is 2.77 bits per heavy atom. The molecular weight excluding hydrogens is 571 g/mol. The van der Waals surface area contributed by atoms with Crippen LogP contribution in [0, 0.1) is 24.0 Å². The Bertz CT molecular complexity index is 1880. The molecule has 1 N–H and O–H groups in total. The van der Waals surface area contributed by atoms with E-state index in [2.05, 4.69) is 25.7 Å². The van der Waals surface area contributed by atoms with E-state index >= 15 is 4.39 Å². The lowest BCUT2D eigenvalue weighted by atomic mass is 9.91. The van der Waals surface area contributed by atoms with Crippen molar-refractivity contribution in [2.75, 3.05) is 37.7 Å². The van der Waals surface area contributed by atoms with E-state index in [1.165, 1.54) is 24.3 Å². The van der Waals surface area contributed by atoms with Crippen LogP contribution in [-0.4, -0.2) is 75.6 Å². The topological polar surface area (TPSA) is 83.8 Å². The lowest BCUT2D eigenvalue weighted by Crippen LogP contribution is -2.44. The zero-order chi connectivity index (χ0) is 30.2. The second kappa shape index (κ2) is 10.1. The Morgan fingerprint density at radius 2 is 1.98 bits per heavy atom. The number of terminal acetylenes is 1. The van der Waals surface area contributed by atoms with Crippen LogP contribution in [0.2, 0.25) is 0 Å². The van der Waals surface area contributed by atoms with E-state index in [0.717, 1.165) is 38.6 Å². The monoisotopic (exact) mass is 601 g/mol. The van der Waals surface area contributed by atoms with Crippen molar-refractivity contribution >= 4 is 27.5 Å². The Hall–Kier alpha value is -4.30. The minimum atomic E-state index is -0.921. The summed E-state index contributed by atoms with van der Waals surface area (Å²) < 4.78 is 58.5. The molecular formula is C33H30F3N5O3. The number of alkyl halides is 1. The first-order valence-electron chi connectivity index (χ1n) is 15.1. The van der Waals surface area contributed by atoms with Crippen LogP contribution in [0.25, 0.3) is 32.9 Å². The van der Waals surface area contributed by atoms with Crippen LogP contribution in [0.5, 0.6) is 17.6 Å². The first-order chi connectivity index (χ1) is 21.3. The number of nitrogens with zero attached hydrogens (tertiary/aromatic N) is 5. The lowest BCUT2D eigenvalue weighted by molar-refractivity contribution is 0.107. The van der Waals surface area contributed by atoms with E-state index in [1.807, 2.05) is 0 Å². The van der Waals surface area contributed by atoms with Crippen LogP contribution in [0.15, 0.2) is 24.3 Å². The number of phenols is 1. The van der Waals surface area contributed by atoms with Crippen LogP contribution in [0.3, 0.4) is 0 Å². The third kappa shape index (κ3) is 4.14. The van der Waals surface area contributed by atoms with E-state index in [4.69, 9.17) is 20.9 Å². The number of aromatic nitrogens is 3. The van der Waals surface area contributed by atoms with Gasteiger partial charge in [0, 0.05) is 30.0 Å². The SMILES string of the molecule is C#Cc1c(F)ccc2cc(O)cc(-c3nc4c5c(nc(OC[C@@]67CCCN6CC(F)C7)nc5c3F)N(C3CCC3)CCO4)c12. The molecule has 4 aliphatic rings. The molecule has 44 heavy (non-hydrogen) atoms. The number of benzene rings is 2. The highest BCUT2D eigenvalue weighted by atomic mass is 19.1. The second-order valence-electron chi connectivity index (χ2n) is 12.3. The van der Waals surface area contributed by atoms with Crippen LogP contribution in [0.4, 0.5) is 19.0 Å². The summed E-state index contributed by atoms with van der Waals surface area (Å²) >= 11 is 0. The zero-order valence-electron chi connectivity index (χ0n) is 24.0. The van der Waals surface area contributed by atoms with Crippen molar-refractivity contribution in [1.29, 1.82) is 0 Å². The molecule has 3 fully saturated rings. The maximum absolute atomic E-state index is 16.8. The highest BCUT2D eigenvalue weighted by molar-refractivity contribution is 6.04. The molecule has 0 amide bonds. The number of hydrogen-bond donors (Lipinski definition) is 1. The van der Waals surface area contributed by atoms with Gasteiger partial charge in [-0.2, -0.15) is 9.97 Å². The molecule has 2 aromatic heterocycles. The van der Waals surface area contributed by atoms with E-state index in [1.54, 1.807) is 0 Å². The first-order valence-corrected chi connectivity index (χ1v) is 15.1. The third-order valence-electron chi connectivity index (χ3n) is 9.75. The van der Waals surface area contributed by atoms with Gasteiger partial charge in [-0.05, 0) is 62.2 Å². The molecule has 2 atom stereocenters. The summed E-state index contributed by atoms with van der Waals surface area (Å²) in [6, 6.07) is 5.62. The molecule has 1 unspecified atom stereocenters. The van der Waals surface area contributed by atoms with Gasteiger partial charge in [0.1, 0.15) is 53.4 Å². The molecule has 0 bridgehead atoms. The molecule has 3 aliphatic heterocycles. The number of ether oxygens (including phenoxy) is 2. The summed E-state index contributed by atoms with van der Waals surface area (Å²) in [5.41, 5.74) is -0.666. The first kappa shape index (κ1) is 27.3. The molecule has 2 saturated heterocycles. The fourth-order valence-electron chi connectivity index (χ4n) is 7.46. The molecule has 11 heteroatoms. The van der Waals surface area contributed by atoms with Crippen molar-refractivity contribution in [3.8, 4) is 41.2 Å². The minimum Gasteiger partial charge on any atom is -0.508 e. The molecule has 4 aromatic rings. The number of pyridine rings is 1. The molecule has 0 spiro atoms. The van der Waals surface area contributed by atoms with Gasteiger partial charge in [-0.25, -0.2) is 18.2 Å². The lowest BCUT2D eigenvalue weighted by Gasteiger charge is -2.37. The third-order valence-corrected chi connectivity index (χ3v) is 9.75. The zero-order valence-corrected chi connectivity index (χ0v) is 24.0. The molecule has 226 valence electrons.